The minimum Gasteiger partial charge on any atom is -0.360 e. The number of hydrogen-bond acceptors (Lipinski definition) is 2. The van der Waals surface area contributed by atoms with Crippen LogP contribution in [0.1, 0.15) is 24.0 Å². The number of carbonyl (C=O) groups is 1. The van der Waals surface area contributed by atoms with Gasteiger partial charge in [0.25, 0.3) is 0 Å². The van der Waals surface area contributed by atoms with Gasteiger partial charge in [-0.3, -0.25) is 4.79 Å². The summed E-state index contributed by atoms with van der Waals surface area (Å²) >= 11 is 0. The maximum atomic E-state index is 14.1. The number of aryl methyl sites for hydroxylation is 2. The maximum absolute atomic E-state index is 14.1. The molecule has 2 aromatic carbocycles. The van der Waals surface area contributed by atoms with E-state index in [1.807, 2.05) is 18.2 Å². The number of amides is 1. The predicted octanol–water partition coefficient (Wildman–Crippen LogP) is 3.47. The van der Waals surface area contributed by atoms with Crippen LogP contribution in [0.4, 0.5) is 14.5 Å². The smallest absolute Gasteiger partial charge is 0.239 e. The third kappa shape index (κ3) is 4.56. The first-order chi connectivity index (χ1) is 12.1. The number of nitrogens with one attached hydrogen (secondary N) is 1. The van der Waals surface area contributed by atoms with Gasteiger partial charge < -0.3 is 10.2 Å². The molecule has 1 heterocycles. The van der Waals surface area contributed by atoms with Crippen LogP contribution in [0.5, 0.6) is 0 Å². The molecule has 0 spiro atoms. The maximum Gasteiger partial charge on any atom is 0.239 e. The van der Waals surface area contributed by atoms with E-state index < -0.39 is 11.6 Å². The van der Waals surface area contributed by atoms with E-state index in [1.165, 1.54) is 11.6 Å². The van der Waals surface area contributed by atoms with Crippen molar-refractivity contribution in [3.63, 3.8) is 0 Å². The summed E-state index contributed by atoms with van der Waals surface area (Å²) in [6, 6.07) is 12.4. The van der Waals surface area contributed by atoms with Gasteiger partial charge >= 0.3 is 0 Å². The summed E-state index contributed by atoms with van der Waals surface area (Å²) in [6.07, 6.45) is 3.18. The van der Waals surface area contributed by atoms with E-state index in [0.29, 0.717) is 30.8 Å². The Balaban J connectivity index is 1.51. The largest absolute Gasteiger partial charge is 0.360 e. The molecule has 0 saturated carbocycles. The minimum absolute atomic E-state index is 0.0981. The zero-order valence-corrected chi connectivity index (χ0v) is 14.1. The molecule has 1 N–H and O–H groups in total. The second-order valence-corrected chi connectivity index (χ2v) is 6.36. The van der Waals surface area contributed by atoms with Gasteiger partial charge in [-0.15, -0.1) is 0 Å². The third-order valence-electron chi connectivity index (χ3n) is 4.44. The minimum atomic E-state index is -0.591. The molecular weight excluding hydrogens is 322 g/mol. The Bertz CT molecular complexity index is 734. The van der Waals surface area contributed by atoms with Gasteiger partial charge in [0.1, 0.15) is 11.6 Å². The monoisotopic (exact) mass is 344 g/mol. The number of rotatable bonds is 6. The van der Waals surface area contributed by atoms with Crippen LogP contribution >= 0.6 is 0 Å². The van der Waals surface area contributed by atoms with Gasteiger partial charge in [-0.1, -0.05) is 30.3 Å². The summed E-state index contributed by atoms with van der Waals surface area (Å²) < 4.78 is 27.5. The molecule has 2 aromatic rings. The van der Waals surface area contributed by atoms with Crippen LogP contribution in [0, 0.1) is 11.6 Å². The first-order valence-corrected chi connectivity index (χ1v) is 8.67. The van der Waals surface area contributed by atoms with E-state index in [2.05, 4.69) is 17.4 Å². The van der Waals surface area contributed by atoms with Gasteiger partial charge in [-0.25, -0.2) is 8.78 Å². The van der Waals surface area contributed by atoms with Crippen molar-refractivity contribution in [2.75, 3.05) is 24.5 Å². The lowest BCUT2D eigenvalue weighted by Gasteiger charge is -2.31. The summed E-state index contributed by atoms with van der Waals surface area (Å²) in [7, 11) is 0. The molecule has 25 heavy (non-hydrogen) atoms. The van der Waals surface area contributed by atoms with E-state index in [0.717, 1.165) is 25.3 Å². The molecule has 0 radical (unpaired) electrons. The highest BCUT2D eigenvalue weighted by Crippen LogP contribution is 2.30. The summed E-state index contributed by atoms with van der Waals surface area (Å²) in [5.74, 6) is -1.29. The second-order valence-electron chi connectivity index (χ2n) is 6.36. The van der Waals surface area contributed by atoms with E-state index in [-0.39, 0.29) is 12.5 Å². The molecule has 0 saturated heterocycles. The quantitative estimate of drug-likeness (QED) is 0.814. The molecule has 0 bridgehead atoms. The second kappa shape index (κ2) is 8.10. The van der Waals surface area contributed by atoms with Crippen LogP contribution < -0.4 is 10.2 Å². The Hall–Kier alpha value is -2.43. The van der Waals surface area contributed by atoms with Crippen LogP contribution in [0.2, 0.25) is 0 Å². The molecule has 0 aliphatic carbocycles. The predicted molar refractivity (Wildman–Crippen MR) is 94.7 cm³/mol. The molecule has 5 heteroatoms. The molecule has 132 valence electrons. The van der Waals surface area contributed by atoms with E-state index in [1.54, 1.807) is 4.90 Å². The zero-order chi connectivity index (χ0) is 17.6. The van der Waals surface area contributed by atoms with Gasteiger partial charge in [-0.2, -0.15) is 0 Å². The lowest BCUT2D eigenvalue weighted by atomic mass is 10.0. The van der Waals surface area contributed by atoms with Gasteiger partial charge in [0, 0.05) is 19.2 Å². The molecule has 0 unspecified atom stereocenters. The Morgan fingerprint density at radius 2 is 1.96 bits per heavy atom. The Kier molecular flexibility index (Phi) is 5.64. The number of halogens is 2. The molecule has 0 fully saturated rings. The molecular formula is C20H22F2N2O. The topological polar surface area (TPSA) is 32.3 Å². The number of anilines is 1. The number of nitrogens with zero attached hydrogens (tertiary/aromatic N) is 1. The van der Waals surface area contributed by atoms with Crippen molar-refractivity contribution in [2.24, 2.45) is 0 Å². The normalized spacial score (nSPS) is 13.4. The third-order valence-corrected chi connectivity index (χ3v) is 4.44. The van der Waals surface area contributed by atoms with E-state index >= 15 is 0 Å². The highest BCUT2D eigenvalue weighted by atomic mass is 19.1. The number of carbonyl (C=O) groups excluding carboxylic acids is 1. The number of fused-ring (bicyclic) bond motifs is 1. The first-order valence-electron chi connectivity index (χ1n) is 8.67. The van der Waals surface area contributed by atoms with Crippen molar-refractivity contribution < 1.29 is 13.6 Å². The van der Waals surface area contributed by atoms with E-state index in [9.17, 15) is 13.6 Å². The SMILES string of the molecule is O=C(CN1CCCc2cc(F)cc(F)c21)NCCCc1ccccc1. The molecule has 1 aliphatic heterocycles. The van der Waals surface area contributed by atoms with Crippen molar-refractivity contribution in [3.8, 4) is 0 Å². The molecule has 0 atom stereocenters. The van der Waals surface area contributed by atoms with Crippen LogP contribution in [0.3, 0.4) is 0 Å². The summed E-state index contributed by atoms with van der Waals surface area (Å²) in [5.41, 5.74) is 2.25. The molecule has 1 aliphatic rings. The van der Waals surface area contributed by atoms with Crippen molar-refractivity contribution in [3.05, 3.63) is 65.2 Å². The van der Waals surface area contributed by atoms with Gasteiger partial charge in [0.2, 0.25) is 5.91 Å². The van der Waals surface area contributed by atoms with Crippen molar-refractivity contribution in [2.45, 2.75) is 25.7 Å². The molecule has 0 aromatic heterocycles. The average Bonchev–Trinajstić information content (AvgIpc) is 2.59. The lowest BCUT2D eigenvalue weighted by Crippen LogP contribution is -2.40. The van der Waals surface area contributed by atoms with Gasteiger partial charge in [0.15, 0.2) is 0 Å². The molecule has 3 rings (SSSR count). The highest BCUT2D eigenvalue weighted by molar-refractivity contribution is 5.82. The fraction of sp³-hybridized carbons (Fsp3) is 0.350. The van der Waals surface area contributed by atoms with Crippen molar-refractivity contribution >= 4 is 11.6 Å². The Labute approximate surface area is 146 Å². The molecule has 1 amide bonds. The van der Waals surface area contributed by atoms with E-state index in [4.69, 9.17) is 0 Å². The van der Waals surface area contributed by atoms with Crippen LogP contribution in [-0.4, -0.2) is 25.5 Å². The number of hydrogen-bond donors (Lipinski definition) is 1. The fourth-order valence-corrected chi connectivity index (χ4v) is 3.29. The first kappa shape index (κ1) is 17.4. The standard InChI is InChI=1S/C20H22F2N2O/c21-17-12-16-9-5-11-24(20(16)18(22)13-17)14-19(25)23-10-4-8-15-6-2-1-3-7-15/h1-3,6-7,12-13H,4-5,8-11,14H2,(H,23,25). The summed E-state index contributed by atoms with van der Waals surface area (Å²) in [6.45, 7) is 1.29. The van der Waals surface area contributed by atoms with Crippen molar-refractivity contribution in [1.29, 1.82) is 0 Å². The van der Waals surface area contributed by atoms with Gasteiger partial charge in [-0.05, 0) is 42.9 Å². The Morgan fingerprint density at radius 3 is 2.76 bits per heavy atom. The highest BCUT2D eigenvalue weighted by Gasteiger charge is 2.23. The lowest BCUT2D eigenvalue weighted by molar-refractivity contribution is -0.119. The van der Waals surface area contributed by atoms with Crippen molar-refractivity contribution in [1.82, 2.24) is 5.32 Å². The molecule has 3 nitrogen and oxygen atoms in total. The number of benzene rings is 2. The summed E-state index contributed by atoms with van der Waals surface area (Å²) in [4.78, 5) is 13.9. The Morgan fingerprint density at radius 1 is 1.16 bits per heavy atom. The van der Waals surface area contributed by atoms with Gasteiger partial charge in [0.05, 0.1) is 12.2 Å². The zero-order valence-electron chi connectivity index (χ0n) is 14.1. The fourth-order valence-electron chi connectivity index (χ4n) is 3.29. The van der Waals surface area contributed by atoms with Crippen LogP contribution in [0.25, 0.3) is 0 Å². The van der Waals surface area contributed by atoms with Crippen LogP contribution in [-0.2, 0) is 17.6 Å². The summed E-state index contributed by atoms with van der Waals surface area (Å²) in [5, 5.41) is 2.88. The average molecular weight is 344 g/mol. The van der Waals surface area contributed by atoms with Crippen LogP contribution in [0.15, 0.2) is 42.5 Å².